The number of rotatable bonds is 2. The van der Waals surface area contributed by atoms with E-state index in [4.69, 9.17) is 4.74 Å². The first-order valence-corrected chi connectivity index (χ1v) is 8.41. The van der Waals surface area contributed by atoms with Gasteiger partial charge in [0.1, 0.15) is 12.8 Å². The van der Waals surface area contributed by atoms with Crippen molar-refractivity contribution in [3.05, 3.63) is 59.7 Å². The van der Waals surface area contributed by atoms with E-state index in [9.17, 15) is 9.18 Å². The number of amides is 1. The van der Waals surface area contributed by atoms with Gasteiger partial charge in [0, 0.05) is 18.4 Å². The van der Waals surface area contributed by atoms with Crippen molar-refractivity contribution in [1.82, 2.24) is 4.90 Å². The molecule has 1 saturated heterocycles. The normalized spacial score (nSPS) is 22.3. The van der Waals surface area contributed by atoms with Crippen LogP contribution in [0.1, 0.15) is 30.4 Å². The van der Waals surface area contributed by atoms with Gasteiger partial charge in [0.15, 0.2) is 0 Å². The second kappa shape index (κ2) is 5.93. The van der Waals surface area contributed by atoms with Gasteiger partial charge in [-0.3, -0.25) is 0 Å². The fraction of sp³-hybridized carbons (Fsp3) is 0.350. The predicted octanol–water partition coefficient (Wildman–Crippen LogP) is 4.37. The van der Waals surface area contributed by atoms with Crippen molar-refractivity contribution in [2.24, 2.45) is 0 Å². The van der Waals surface area contributed by atoms with Gasteiger partial charge >= 0.3 is 6.09 Å². The number of carbonyl (C=O) groups excluding carboxylic acids is 1. The molecule has 0 spiro atoms. The maximum absolute atomic E-state index is 13.5. The zero-order valence-corrected chi connectivity index (χ0v) is 13.6. The van der Waals surface area contributed by atoms with Crippen molar-refractivity contribution >= 4 is 6.09 Å². The predicted molar refractivity (Wildman–Crippen MR) is 90.8 cm³/mol. The van der Waals surface area contributed by atoms with Gasteiger partial charge in [-0.05, 0) is 29.2 Å². The van der Waals surface area contributed by atoms with E-state index >= 15 is 0 Å². The molecule has 0 unspecified atom stereocenters. The Bertz CT molecular complexity index is 730. The van der Waals surface area contributed by atoms with Gasteiger partial charge in [-0.15, -0.1) is 0 Å². The molecule has 1 amide bonds. The minimum Gasteiger partial charge on any atom is -0.448 e. The Hall–Kier alpha value is -2.36. The summed E-state index contributed by atoms with van der Waals surface area (Å²) in [5, 5.41) is 0. The summed E-state index contributed by atoms with van der Waals surface area (Å²) >= 11 is 0. The molecule has 1 heterocycles. The highest BCUT2D eigenvalue weighted by Crippen LogP contribution is 2.44. The molecule has 3 nitrogen and oxygen atoms in total. The first-order valence-electron chi connectivity index (χ1n) is 8.41. The van der Waals surface area contributed by atoms with E-state index in [0.29, 0.717) is 6.42 Å². The summed E-state index contributed by atoms with van der Waals surface area (Å²) in [4.78, 5) is 13.8. The number of halogens is 1. The maximum atomic E-state index is 13.5. The van der Waals surface area contributed by atoms with Crippen LogP contribution in [0.25, 0.3) is 11.1 Å². The van der Waals surface area contributed by atoms with Crippen molar-refractivity contribution in [2.75, 3.05) is 13.2 Å². The summed E-state index contributed by atoms with van der Waals surface area (Å²) in [5.74, 6) is 0.0421. The van der Waals surface area contributed by atoms with Gasteiger partial charge in [0.2, 0.25) is 0 Å². The Balaban J connectivity index is 1.54. The van der Waals surface area contributed by atoms with E-state index in [2.05, 4.69) is 24.3 Å². The molecular formula is C20H20FNO2. The van der Waals surface area contributed by atoms with Crippen LogP contribution in [0.4, 0.5) is 9.18 Å². The molecular weight excluding hydrogens is 305 g/mol. The fourth-order valence-corrected chi connectivity index (χ4v) is 3.90. The molecule has 0 saturated carbocycles. The molecule has 0 N–H and O–H groups in total. The summed E-state index contributed by atoms with van der Waals surface area (Å²) < 4.78 is 19.0. The number of likely N-dealkylation sites (tertiary alicyclic amines) is 1. The Morgan fingerprint density at radius 1 is 1.12 bits per heavy atom. The fourth-order valence-electron chi connectivity index (χ4n) is 3.90. The molecule has 4 heteroatoms. The number of ether oxygens (including phenoxy) is 1. The lowest BCUT2D eigenvalue weighted by Gasteiger charge is -2.22. The molecule has 1 aliphatic heterocycles. The molecule has 124 valence electrons. The van der Waals surface area contributed by atoms with Crippen LogP contribution in [0.3, 0.4) is 0 Å². The maximum Gasteiger partial charge on any atom is 0.410 e. The van der Waals surface area contributed by atoms with E-state index in [-0.39, 0.29) is 25.1 Å². The molecule has 4 rings (SSSR count). The molecule has 2 atom stereocenters. The largest absolute Gasteiger partial charge is 0.448 e. The zero-order chi connectivity index (χ0) is 16.7. The Morgan fingerprint density at radius 2 is 1.71 bits per heavy atom. The number of hydrogen-bond acceptors (Lipinski definition) is 2. The van der Waals surface area contributed by atoms with E-state index in [1.54, 1.807) is 0 Å². The molecule has 0 radical (unpaired) electrons. The quantitative estimate of drug-likeness (QED) is 0.820. The monoisotopic (exact) mass is 325 g/mol. The number of benzene rings is 2. The summed E-state index contributed by atoms with van der Waals surface area (Å²) in [6, 6.07) is 16.3. The van der Waals surface area contributed by atoms with Crippen LogP contribution in [0, 0.1) is 0 Å². The lowest BCUT2D eigenvalue weighted by molar-refractivity contribution is 0.0963. The van der Waals surface area contributed by atoms with Crippen molar-refractivity contribution in [3.8, 4) is 11.1 Å². The van der Waals surface area contributed by atoms with Crippen LogP contribution in [0.15, 0.2) is 48.5 Å². The highest BCUT2D eigenvalue weighted by atomic mass is 19.1. The summed E-state index contributed by atoms with van der Waals surface area (Å²) in [7, 11) is 0. The summed E-state index contributed by atoms with van der Waals surface area (Å²) in [6.45, 7) is 2.28. The third-order valence-corrected chi connectivity index (χ3v) is 5.09. The average Bonchev–Trinajstić information content (AvgIpc) is 3.10. The molecule has 2 aromatic carbocycles. The van der Waals surface area contributed by atoms with E-state index in [1.807, 2.05) is 31.2 Å². The van der Waals surface area contributed by atoms with Crippen molar-refractivity contribution < 1.29 is 13.9 Å². The standard InChI is InChI=1S/C20H20FNO2/c1-13-10-14(21)11-22(13)20(23)24-12-19-17-8-4-2-6-15(17)16-7-3-5-9-18(16)19/h2-9,13-14,19H,10-12H2,1H3/t13-,14-/m1/s1. The van der Waals surface area contributed by atoms with Crippen LogP contribution < -0.4 is 0 Å². The van der Waals surface area contributed by atoms with Crippen LogP contribution in [-0.4, -0.2) is 36.4 Å². The minimum absolute atomic E-state index is 0.0421. The molecule has 2 aromatic rings. The summed E-state index contributed by atoms with van der Waals surface area (Å²) in [6.07, 6.45) is -0.963. The highest BCUT2D eigenvalue weighted by molar-refractivity contribution is 5.79. The molecule has 2 aliphatic rings. The molecule has 0 aromatic heterocycles. The smallest absolute Gasteiger partial charge is 0.410 e. The van der Waals surface area contributed by atoms with E-state index < -0.39 is 12.3 Å². The van der Waals surface area contributed by atoms with Gasteiger partial charge in [-0.2, -0.15) is 0 Å². The van der Waals surface area contributed by atoms with Gasteiger partial charge in [0.05, 0.1) is 6.54 Å². The van der Waals surface area contributed by atoms with Gasteiger partial charge in [0.25, 0.3) is 0 Å². The summed E-state index contributed by atoms with van der Waals surface area (Å²) in [5.41, 5.74) is 4.77. The van der Waals surface area contributed by atoms with Gasteiger partial charge in [-0.1, -0.05) is 48.5 Å². The van der Waals surface area contributed by atoms with Gasteiger partial charge in [-0.25, -0.2) is 9.18 Å². The Morgan fingerprint density at radius 3 is 2.25 bits per heavy atom. The number of carbonyl (C=O) groups is 1. The number of fused-ring (bicyclic) bond motifs is 3. The van der Waals surface area contributed by atoms with E-state index in [0.717, 1.165) is 0 Å². The van der Waals surface area contributed by atoms with Crippen LogP contribution in [0.2, 0.25) is 0 Å². The van der Waals surface area contributed by atoms with Crippen molar-refractivity contribution in [3.63, 3.8) is 0 Å². The highest BCUT2D eigenvalue weighted by Gasteiger charge is 2.35. The van der Waals surface area contributed by atoms with Crippen molar-refractivity contribution in [2.45, 2.75) is 31.5 Å². The van der Waals surface area contributed by atoms with Gasteiger partial charge < -0.3 is 9.64 Å². The molecule has 0 bridgehead atoms. The number of nitrogens with zero attached hydrogens (tertiary/aromatic N) is 1. The van der Waals surface area contributed by atoms with E-state index in [1.165, 1.54) is 27.2 Å². The SMILES string of the molecule is C[C@@H]1C[C@@H](F)CN1C(=O)OCC1c2ccccc2-c2ccccc21. The first-order chi connectivity index (χ1) is 11.6. The topological polar surface area (TPSA) is 29.5 Å². The zero-order valence-electron chi connectivity index (χ0n) is 13.6. The lowest BCUT2D eigenvalue weighted by Crippen LogP contribution is -2.35. The molecule has 1 aliphatic carbocycles. The third kappa shape index (κ3) is 2.46. The number of alkyl halides is 1. The van der Waals surface area contributed by atoms with Crippen LogP contribution in [-0.2, 0) is 4.74 Å². The second-order valence-electron chi connectivity index (χ2n) is 6.64. The second-order valence-corrected chi connectivity index (χ2v) is 6.64. The Labute approximate surface area is 141 Å². The molecule has 1 fully saturated rings. The first kappa shape index (κ1) is 15.2. The minimum atomic E-state index is -0.944. The molecule has 24 heavy (non-hydrogen) atoms. The van der Waals surface area contributed by atoms with Crippen LogP contribution >= 0.6 is 0 Å². The Kier molecular flexibility index (Phi) is 3.75. The lowest BCUT2D eigenvalue weighted by atomic mass is 9.98. The number of hydrogen-bond donors (Lipinski definition) is 0. The van der Waals surface area contributed by atoms with Crippen LogP contribution in [0.5, 0.6) is 0 Å². The average molecular weight is 325 g/mol. The van der Waals surface area contributed by atoms with Crippen molar-refractivity contribution in [1.29, 1.82) is 0 Å². The third-order valence-electron chi connectivity index (χ3n) is 5.09.